The molecule has 0 saturated carbocycles. The van der Waals surface area contributed by atoms with E-state index in [-0.39, 0.29) is 24.1 Å². The molecule has 2 heterocycles. The minimum atomic E-state index is -0.313. The lowest BCUT2D eigenvalue weighted by Gasteiger charge is -2.07. The van der Waals surface area contributed by atoms with Gasteiger partial charge in [0.25, 0.3) is 0 Å². The number of rotatable bonds is 7. The molecule has 3 N–H and O–H groups in total. The number of imidazole rings is 1. The van der Waals surface area contributed by atoms with Crippen LogP contribution in [0.3, 0.4) is 0 Å². The fourth-order valence-corrected chi connectivity index (χ4v) is 2.55. The van der Waals surface area contributed by atoms with E-state index in [0.29, 0.717) is 30.2 Å². The van der Waals surface area contributed by atoms with Crippen LogP contribution in [0.15, 0.2) is 29.1 Å². The highest BCUT2D eigenvalue weighted by molar-refractivity contribution is 6.17. The van der Waals surface area contributed by atoms with E-state index >= 15 is 0 Å². The van der Waals surface area contributed by atoms with Crippen molar-refractivity contribution in [1.29, 1.82) is 0 Å². The molecule has 9 heteroatoms. The van der Waals surface area contributed by atoms with Gasteiger partial charge >= 0.3 is 11.7 Å². The third-order valence-corrected chi connectivity index (χ3v) is 3.98. The smallest absolute Gasteiger partial charge is 0.328 e. The molecule has 0 bridgehead atoms. The van der Waals surface area contributed by atoms with E-state index in [1.54, 1.807) is 7.11 Å². The van der Waals surface area contributed by atoms with Crippen molar-refractivity contribution < 1.29 is 9.47 Å². The molecule has 0 saturated heterocycles. The summed E-state index contributed by atoms with van der Waals surface area (Å²) in [5.74, 6) is 0.602. The number of ether oxygens (including phenoxy) is 2. The predicted octanol–water partition coefficient (Wildman–Crippen LogP) is 1.51. The number of fused-ring (bicyclic) bond motifs is 1. The third kappa shape index (κ3) is 3.75. The Bertz CT molecular complexity index is 920. The molecule has 0 fully saturated rings. The lowest BCUT2D eigenvalue weighted by molar-refractivity contribution is 0.141. The number of nitrogen functional groups attached to an aromatic ring is 1. The van der Waals surface area contributed by atoms with Crippen molar-refractivity contribution in [3.05, 3.63) is 45.9 Å². The standard InChI is InChI=1S/C16H18ClN5O3/c1-24-6-7-25-15-20-13(18)12-14(21-15)22(16(23)19-12)9-11-4-2-10(8-17)3-5-11/h2-5H,6-9H2,1H3,(H,19,23)(H2,18,20,21). The average molecular weight is 364 g/mol. The number of nitrogens with zero attached hydrogens (tertiary/aromatic N) is 3. The van der Waals surface area contributed by atoms with E-state index in [1.807, 2.05) is 24.3 Å². The van der Waals surface area contributed by atoms with Crippen molar-refractivity contribution >= 4 is 28.6 Å². The van der Waals surface area contributed by atoms with E-state index in [9.17, 15) is 4.79 Å². The summed E-state index contributed by atoms with van der Waals surface area (Å²) in [5, 5.41) is 0. The highest BCUT2D eigenvalue weighted by Gasteiger charge is 2.15. The van der Waals surface area contributed by atoms with Crippen LogP contribution in [0, 0.1) is 0 Å². The number of aromatic amines is 1. The van der Waals surface area contributed by atoms with Gasteiger partial charge in [-0.15, -0.1) is 11.6 Å². The quantitative estimate of drug-likeness (QED) is 0.486. The van der Waals surface area contributed by atoms with Gasteiger partial charge in [-0.2, -0.15) is 9.97 Å². The Morgan fingerprint density at radius 3 is 2.60 bits per heavy atom. The van der Waals surface area contributed by atoms with Crippen molar-refractivity contribution in [2.75, 3.05) is 26.1 Å². The third-order valence-electron chi connectivity index (χ3n) is 3.67. The molecule has 3 aromatic rings. The van der Waals surface area contributed by atoms with Gasteiger partial charge in [-0.1, -0.05) is 24.3 Å². The molecule has 0 radical (unpaired) electrons. The summed E-state index contributed by atoms with van der Waals surface area (Å²) in [6, 6.07) is 7.79. The van der Waals surface area contributed by atoms with Gasteiger partial charge in [-0.3, -0.25) is 4.57 Å². The van der Waals surface area contributed by atoms with Gasteiger partial charge in [-0.05, 0) is 11.1 Å². The molecular weight excluding hydrogens is 346 g/mol. The molecule has 0 aliphatic carbocycles. The van der Waals surface area contributed by atoms with Crippen LogP contribution in [0.2, 0.25) is 0 Å². The maximum absolute atomic E-state index is 12.3. The van der Waals surface area contributed by atoms with E-state index in [2.05, 4.69) is 15.0 Å². The van der Waals surface area contributed by atoms with Crippen LogP contribution in [0.1, 0.15) is 11.1 Å². The Hall–Kier alpha value is -2.58. The van der Waals surface area contributed by atoms with Crippen molar-refractivity contribution in [2.45, 2.75) is 12.4 Å². The fourth-order valence-electron chi connectivity index (χ4n) is 2.37. The van der Waals surface area contributed by atoms with E-state index in [0.717, 1.165) is 11.1 Å². The fraction of sp³-hybridized carbons (Fsp3) is 0.312. The summed E-state index contributed by atoms with van der Waals surface area (Å²) in [7, 11) is 1.57. The van der Waals surface area contributed by atoms with Crippen molar-refractivity contribution in [3.63, 3.8) is 0 Å². The Morgan fingerprint density at radius 2 is 1.92 bits per heavy atom. The molecule has 8 nitrogen and oxygen atoms in total. The molecule has 2 aromatic heterocycles. The minimum absolute atomic E-state index is 0.104. The van der Waals surface area contributed by atoms with Crippen molar-refractivity contribution in [3.8, 4) is 6.01 Å². The molecular formula is C16H18ClN5O3. The second kappa shape index (κ2) is 7.54. The first-order valence-electron chi connectivity index (χ1n) is 7.64. The Morgan fingerprint density at radius 1 is 1.20 bits per heavy atom. The predicted molar refractivity (Wildman–Crippen MR) is 95.0 cm³/mol. The summed E-state index contributed by atoms with van der Waals surface area (Å²) in [6.45, 7) is 1.03. The molecule has 0 spiro atoms. The Kier molecular flexibility index (Phi) is 5.20. The SMILES string of the molecule is COCCOc1nc(N)c2[nH]c(=O)n(Cc3ccc(CCl)cc3)c2n1. The molecule has 0 atom stereocenters. The van der Waals surface area contributed by atoms with Gasteiger partial charge in [-0.25, -0.2) is 4.79 Å². The molecule has 0 unspecified atom stereocenters. The summed E-state index contributed by atoms with van der Waals surface area (Å²) in [4.78, 5) is 23.3. The van der Waals surface area contributed by atoms with Crippen LogP contribution in [-0.4, -0.2) is 39.8 Å². The topological polar surface area (TPSA) is 108 Å². The number of hydrogen-bond donors (Lipinski definition) is 2. The number of methoxy groups -OCH3 is 1. The van der Waals surface area contributed by atoms with E-state index < -0.39 is 0 Å². The van der Waals surface area contributed by atoms with Gasteiger partial charge in [0.2, 0.25) is 0 Å². The second-order valence-electron chi connectivity index (χ2n) is 5.40. The molecule has 0 amide bonds. The Labute approximate surface area is 148 Å². The highest BCUT2D eigenvalue weighted by Crippen LogP contribution is 2.18. The first kappa shape index (κ1) is 17.2. The highest BCUT2D eigenvalue weighted by atomic mass is 35.5. The summed E-state index contributed by atoms with van der Waals surface area (Å²) in [5.41, 5.74) is 8.34. The molecule has 25 heavy (non-hydrogen) atoms. The first-order valence-corrected chi connectivity index (χ1v) is 8.17. The van der Waals surface area contributed by atoms with E-state index in [4.69, 9.17) is 26.8 Å². The average Bonchev–Trinajstić information content (AvgIpc) is 2.93. The largest absolute Gasteiger partial charge is 0.461 e. The maximum Gasteiger partial charge on any atom is 0.328 e. The van der Waals surface area contributed by atoms with E-state index in [1.165, 1.54) is 4.57 Å². The zero-order valence-electron chi connectivity index (χ0n) is 13.7. The first-order chi connectivity index (χ1) is 12.1. The number of aromatic nitrogens is 4. The number of alkyl halides is 1. The zero-order valence-corrected chi connectivity index (χ0v) is 14.4. The van der Waals surface area contributed by atoms with Gasteiger partial charge in [0, 0.05) is 13.0 Å². The number of halogens is 1. The number of hydrogen-bond acceptors (Lipinski definition) is 6. The van der Waals surface area contributed by atoms with Crippen molar-refractivity contribution in [2.24, 2.45) is 0 Å². The molecule has 3 rings (SSSR count). The Balaban J connectivity index is 1.95. The van der Waals surface area contributed by atoms with Crippen LogP contribution in [-0.2, 0) is 17.2 Å². The van der Waals surface area contributed by atoms with Crippen LogP contribution in [0.25, 0.3) is 11.2 Å². The number of anilines is 1. The summed E-state index contributed by atoms with van der Waals surface area (Å²) >= 11 is 5.80. The van der Waals surface area contributed by atoms with Crippen LogP contribution < -0.4 is 16.2 Å². The molecule has 0 aliphatic rings. The lowest BCUT2D eigenvalue weighted by Crippen LogP contribution is -2.18. The number of benzene rings is 1. The van der Waals surface area contributed by atoms with Crippen molar-refractivity contribution in [1.82, 2.24) is 19.5 Å². The number of nitrogens with one attached hydrogen (secondary N) is 1. The van der Waals surface area contributed by atoms with Gasteiger partial charge < -0.3 is 20.2 Å². The van der Waals surface area contributed by atoms with Crippen LogP contribution >= 0.6 is 11.6 Å². The zero-order chi connectivity index (χ0) is 17.8. The van der Waals surface area contributed by atoms with Gasteiger partial charge in [0.05, 0.1) is 13.2 Å². The molecule has 132 valence electrons. The van der Waals surface area contributed by atoms with Crippen LogP contribution in [0.4, 0.5) is 5.82 Å². The monoisotopic (exact) mass is 363 g/mol. The van der Waals surface area contributed by atoms with Crippen LogP contribution in [0.5, 0.6) is 6.01 Å². The second-order valence-corrected chi connectivity index (χ2v) is 5.66. The van der Waals surface area contributed by atoms with Gasteiger partial charge in [0.15, 0.2) is 11.5 Å². The molecule has 0 aliphatic heterocycles. The lowest BCUT2D eigenvalue weighted by atomic mass is 10.1. The summed E-state index contributed by atoms with van der Waals surface area (Å²) in [6.07, 6.45) is 0. The summed E-state index contributed by atoms with van der Waals surface area (Å²) < 4.78 is 11.8. The number of nitrogens with two attached hydrogens (primary N) is 1. The molecule has 1 aromatic carbocycles. The maximum atomic E-state index is 12.3. The number of H-pyrrole nitrogens is 1. The normalized spacial score (nSPS) is 11.1. The van der Waals surface area contributed by atoms with Gasteiger partial charge in [0.1, 0.15) is 12.1 Å². The minimum Gasteiger partial charge on any atom is -0.461 e.